The topological polar surface area (TPSA) is 79.1 Å². The van der Waals surface area contributed by atoms with Crippen LogP contribution in [0.5, 0.6) is 0 Å². The molecule has 1 unspecified atom stereocenters. The normalized spacial score (nSPS) is 17.4. The van der Waals surface area contributed by atoms with E-state index in [2.05, 4.69) is 96.7 Å². The average molecular weight is 637 g/mol. The lowest BCUT2D eigenvalue weighted by Gasteiger charge is -2.39. The minimum absolute atomic E-state index is 0.00112. The molecule has 0 saturated carbocycles. The Balaban J connectivity index is 2.03. The standard InChI is InChI=1S/C40H52N4O3/c1-8-10-15-31-19-20-33(35-23-29(3)39(45)43(7)26-35)24-36(31)38(44-21-22-47-27-37(44)32-17-13-12-14-18-32)42-30(4)34(16-11-9-2)25-41-28-40(5,6)46/h11-20,23-26,37,42,46H,8-10,21-22,27-28H2,1-7H3/b16-11+,31-15+,34-30+,38-36+,41-25?. The number of allylic oxidation sites excluding steroid dienone is 4. The van der Waals surface area contributed by atoms with Crippen LogP contribution in [0.25, 0.3) is 23.0 Å². The summed E-state index contributed by atoms with van der Waals surface area (Å²) in [7, 11) is 1.80. The minimum atomic E-state index is -0.894. The molecule has 250 valence electrons. The van der Waals surface area contributed by atoms with Gasteiger partial charge in [-0.3, -0.25) is 9.79 Å². The van der Waals surface area contributed by atoms with Gasteiger partial charge in [-0.25, -0.2) is 0 Å². The molecule has 3 aromatic rings. The van der Waals surface area contributed by atoms with Crippen molar-refractivity contribution in [3.63, 3.8) is 0 Å². The van der Waals surface area contributed by atoms with Gasteiger partial charge in [0.1, 0.15) is 5.82 Å². The lowest BCUT2D eigenvalue weighted by molar-refractivity contribution is 0.0182. The van der Waals surface area contributed by atoms with Crippen LogP contribution in [0.2, 0.25) is 0 Å². The third-order valence-corrected chi connectivity index (χ3v) is 8.24. The molecule has 2 heterocycles. The van der Waals surface area contributed by atoms with Gasteiger partial charge in [0.15, 0.2) is 0 Å². The number of pyridine rings is 1. The largest absolute Gasteiger partial charge is 0.389 e. The Morgan fingerprint density at radius 1 is 1.13 bits per heavy atom. The first kappa shape index (κ1) is 35.7. The third-order valence-electron chi connectivity index (χ3n) is 8.24. The highest BCUT2D eigenvalue weighted by molar-refractivity contribution is 5.83. The Labute approximate surface area is 280 Å². The third kappa shape index (κ3) is 9.66. The van der Waals surface area contributed by atoms with Crippen molar-refractivity contribution in [3.05, 3.63) is 116 Å². The van der Waals surface area contributed by atoms with E-state index in [1.807, 2.05) is 31.5 Å². The number of ether oxygens (including phenoxy) is 1. The fraction of sp³-hybridized carbons (Fsp3) is 0.400. The Kier molecular flexibility index (Phi) is 12.6. The van der Waals surface area contributed by atoms with Gasteiger partial charge in [-0.2, -0.15) is 0 Å². The van der Waals surface area contributed by atoms with Crippen molar-refractivity contribution in [2.24, 2.45) is 12.0 Å². The summed E-state index contributed by atoms with van der Waals surface area (Å²) in [6.07, 6.45) is 13.2. The van der Waals surface area contributed by atoms with E-state index in [1.54, 1.807) is 25.5 Å². The van der Waals surface area contributed by atoms with E-state index in [4.69, 9.17) is 4.74 Å². The van der Waals surface area contributed by atoms with Gasteiger partial charge in [-0.15, -0.1) is 0 Å². The van der Waals surface area contributed by atoms with Crippen LogP contribution in [0.15, 0.2) is 94.0 Å². The van der Waals surface area contributed by atoms with Gasteiger partial charge in [0.2, 0.25) is 0 Å². The quantitative estimate of drug-likeness (QED) is 0.196. The predicted molar refractivity (Wildman–Crippen MR) is 196 cm³/mol. The number of nitrogens with one attached hydrogen (secondary N) is 1. The number of morpholine rings is 1. The first-order valence-corrected chi connectivity index (χ1v) is 16.8. The number of aryl methyl sites for hydroxylation is 2. The van der Waals surface area contributed by atoms with Crippen molar-refractivity contribution in [1.82, 2.24) is 14.8 Å². The van der Waals surface area contributed by atoms with E-state index in [0.717, 1.165) is 57.9 Å². The number of nitrogens with zero attached hydrogens (tertiary/aromatic N) is 3. The molecule has 1 atom stereocenters. The molecule has 0 aliphatic carbocycles. The van der Waals surface area contributed by atoms with Gasteiger partial charge in [0, 0.05) is 48.1 Å². The molecule has 1 aliphatic rings. The number of aliphatic hydroxyl groups is 1. The highest BCUT2D eigenvalue weighted by Crippen LogP contribution is 2.28. The molecule has 1 saturated heterocycles. The monoisotopic (exact) mass is 636 g/mol. The summed E-state index contributed by atoms with van der Waals surface area (Å²) in [6.45, 7) is 14.0. The average Bonchev–Trinajstić information content (AvgIpc) is 3.06. The van der Waals surface area contributed by atoms with Crippen LogP contribution in [-0.4, -0.2) is 52.7 Å². The molecule has 0 spiro atoms. The van der Waals surface area contributed by atoms with E-state index in [-0.39, 0.29) is 11.6 Å². The molecule has 7 heteroatoms. The van der Waals surface area contributed by atoms with Crippen molar-refractivity contribution < 1.29 is 9.84 Å². The maximum absolute atomic E-state index is 12.6. The number of rotatable bonds is 12. The number of aromatic nitrogens is 1. The number of aliphatic imine (C=N–C) groups is 1. The zero-order chi connectivity index (χ0) is 34.0. The first-order valence-electron chi connectivity index (χ1n) is 16.8. The van der Waals surface area contributed by atoms with Crippen LogP contribution in [0.1, 0.15) is 71.0 Å². The maximum atomic E-state index is 12.6. The zero-order valence-electron chi connectivity index (χ0n) is 29.2. The molecule has 0 amide bonds. The van der Waals surface area contributed by atoms with Gasteiger partial charge in [-0.05, 0) is 74.6 Å². The Hall–Kier alpha value is -4.20. The fourth-order valence-electron chi connectivity index (χ4n) is 5.70. The lowest BCUT2D eigenvalue weighted by Crippen LogP contribution is -2.47. The molecular weight excluding hydrogens is 584 g/mol. The van der Waals surface area contributed by atoms with Crippen LogP contribution in [-0.2, 0) is 11.8 Å². The highest BCUT2D eigenvalue weighted by Gasteiger charge is 2.27. The second-order valence-electron chi connectivity index (χ2n) is 13.0. The molecule has 4 rings (SSSR count). The molecule has 47 heavy (non-hydrogen) atoms. The van der Waals surface area contributed by atoms with Crippen LogP contribution in [0, 0.1) is 6.92 Å². The molecule has 1 fully saturated rings. The van der Waals surface area contributed by atoms with Crippen molar-refractivity contribution in [3.8, 4) is 11.1 Å². The SMILES string of the molecule is CC/C=C/C(C=NCC(C)(C)O)=C(/C)N/C(=c1/cc(-c2cc(C)c(=O)n(C)c2)cc/c1=C\CCC)N1CCOCC1c1ccccc1. The fourth-order valence-corrected chi connectivity index (χ4v) is 5.70. The molecule has 2 aromatic carbocycles. The van der Waals surface area contributed by atoms with Crippen molar-refractivity contribution in [2.45, 2.75) is 72.4 Å². The van der Waals surface area contributed by atoms with Gasteiger partial charge in [0.25, 0.3) is 5.56 Å². The molecule has 1 aliphatic heterocycles. The van der Waals surface area contributed by atoms with Crippen molar-refractivity contribution in [2.75, 3.05) is 26.3 Å². The number of unbranched alkanes of at least 4 members (excludes halogenated alkanes) is 1. The maximum Gasteiger partial charge on any atom is 0.253 e. The summed E-state index contributed by atoms with van der Waals surface area (Å²) in [4.78, 5) is 19.6. The summed E-state index contributed by atoms with van der Waals surface area (Å²) in [5.41, 5.74) is 4.94. The van der Waals surface area contributed by atoms with Gasteiger partial charge < -0.3 is 24.6 Å². The summed E-state index contributed by atoms with van der Waals surface area (Å²) >= 11 is 0. The second-order valence-corrected chi connectivity index (χ2v) is 13.0. The molecule has 0 bridgehead atoms. The van der Waals surface area contributed by atoms with Crippen molar-refractivity contribution in [1.29, 1.82) is 0 Å². The predicted octanol–water partition coefficient (Wildman–Crippen LogP) is 5.75. The Morgan fingerprint density at radius 2 is 1.89 bits per heavy atom. The van der Waals surface area contributed by atoms with Gasteiger partial charge >= 0.3 is 0 Å². The van der Waals surface area contributed by atoms with Gasteiger partial charge in [-0.1, -0.05) is 81.0 Å². The molecule has 2 N–H and O–H groups in total. The van der Waals surface area contributed by atoms with E-state index >= 15 is 0 Å². The second kappa shape index (κ2) is 16.6. The van der Waals surface area contributed by atoms with E-state index in [0.29, 0.717) is 31.9 Å². The number of hydrogen-bond donors (Lipinski definition) is 2. The van der Waals surface area contributed by atoms with E-state index in [1.165, 1.54) is 5.56 Å². The zero-order valence-corrected chi connectivity index (χ0v) is 29.2. The van der Waals surface area contributed by atoms with E-state index < -0.39 is 5.60 Å². The molecule has 0 radical (unpaired) electrons. The van der Waals surface area contributed by atoms with Crippen LogP contribution >= 0.6 is 0 Å². The smallest absolute Gasteiger partial charge is 0.253 e. The Morgan fingerprint density at radius 3 is 2.57 bits per heavy atom. The first-order chi connectivity index (χ1) is 22.5. The lowest BCUT2D eigenvalue weighted by atomic mass is 10.0. The van der Waals surface area contributed by atoms with Crippen LogP contribution in [0.3, 0.4) is 0 Å². The van der Waals surface area contributed by atoms with Gasteiger partial charge in [0.05, 0.1) is 31.4 Å². The summed E-state index contributed by atoms with van der Waals surface area (Å²) in [5, 5.41) is 16.4. The van der Waals surface area contributed by atoms with Crippen LogP contribution < -0.4 is 21.3 Å². The molecular formula is C40H52N4O3. The number of benzene rings is 2. The Bertz CT molecular complexity index is 1750. The molecule has 1 aromatic heterocycles. The van der Waals surface area contributed by atoms with E-state index in [9.17, 15) is 9.90 Å². The summed E-state index contributed by atoms with van der Waals surface area (Å²) in [6, 6.07) is 19.1. The highest BCUT2D eigenvalue weighted by atomic mass is 16.5. The molecule has 7 nitrogen and oxygen atoms in total. The summed E-state index contributed by atoms with van der Waals surface area (Å²) < 4.78 is 7.73. The summed E-state index contributed by atoms with van der Waals surface area (Å²) in [5.74, 6) is 0.990. The van der Waals surface area contributed by atoms with Crippen LogP contribution in [0.4, 0.5) is 0 Å². The number of hydrogen-bond acceptors (Lipinski definition) is 6. The van der Waals surface area contributed by atoms with Crippen molar-refractivity contribution >= 4 is 18.1 Å². The minimum Gasteiger partial charge on any atom is -0.389 e.